The summed E-state index contributed by atoms with van der Waals surface area (Å²) in [6, 6.07) is 13.1. The van der Waals surface area contributed by atoms with E-state index in [1.165, 1.54) is 7.11 Å². The maximum Gasteiger partial charge on any atom is 0.340 e. The minimum atomic E-state index is -0.446. The molecule has 0 spiro atoms. The van der Waals surface area contributed by atoms with Gasteiger partial charge in [0.05, 0.1) is 24.0 Å². The van der Waals surface area contributed by atoms with Crippen molar-refractivity contribution in [2.24, 2.45) is 0 Å². The Morgan fingerprint density at radius 1 is 1.19 bits per heavy atom. The molecule has 0 aromatic heterocycles. The largest absolute Gasteiger partial charge is 0.465 e. The molecule has 0 unspecified atom stereocenters. The molecule has 0 aliphatic carbocycles. The highest BCUT2D eigenvalue weighted by molar-refractivity contribution is 5.98. The highest BCUT2D eigenvalue weighted by Gasteiger charge is 2.12. The highest BCUT2D eigenvalue weighted by Crippen LogP contribution is 2.28. The van der Waals surface area contributed by atoms with Gasteiger partial charge in [-0.05, 0) is 30.3 Å². The average Bonchev–Trinajstić information content (AvgIpc) is 2.49. The van der Waals surface area contributed by atoms with E-state index in [0.717, 1.165) is 11.4 Å². The molecule has 0 bridgehead atoms. The third-order valence-electron chi connectivity index (χ3n) is 3.15. The van der Waals surface area contributed by atoms with Crippen LogP contribution in [0.1, 0.15) is 10.4 Å². The molecule has 0 aliphatic rings. The number of carbonyl (C=O) groups is 1. The predicted octanol–water partition coefficient (Wildman–Crippen LogP) is 2.87. The van der Waals surface area contributed by atoms with Crippen LogP contribution < -0.4 is 16.0 Å². The monoisotopic (exact) mass is 285 g/mol. The smallest absolute Gasteiger partial charge is 0.340 e. The standard InChI is InChI=1S/C16H19N3O2/c1-19(2)12-7-4-6-11(10-12)18-14-9-5-8-13(15(14)17)16(20)21-3/h4-10,18H,17H2,1-3H3. The Labute approximate surface area is 124 Å². The van der Waals surface area contributed by atoms with Crippen molar-refractivity contribution < 1.29 is 9.53 Å². The lowest BCUT2D eigenvalue weighted by Gasteiger charge is -2.16. The Morgan fingerprint density at radius 2 is 1.90 bits per heavy atom. The number of methoxy groups -OCH3 is 1. The van der Waals surface area contributed by atoms with Crippen LogP contribution >= 0.6 is 0 Å². The van der Waals surface area contributed by atoms with Crippen molar-refractivity contribution in [1.29, 1.82) is 0 Å². The van der Waals surface area contributed by atoms with E-state index in [0.29, 0.717) is 16.9 Å². The second-order valence-corrected chi connectivity index (χ2v) is 4.83. The number of carbonyl (C=O) groups excluding carboxylic acids is 1. The van der Waals surface area contributed by atoms with Gasteiger partial charge in [-0.1, -0.05) is 12.1 Å². The number of nitrogens with two attached hydrogens (primary N) is 1. The Kier molecular flexibility index (Phi) is 4.33. The Balaban J connectivity index is 2.32. The molecular formula is C16H19N3O2. The molecule has 0 aliphatic heterocycles. The van der Waals surface area contributed by atoms with Gasteiger partial charge in [0, 0.05) is 25.5 Å². The van der Waals surface area contributed by atoms with Gasteiger partial charge in [-0.3, -0.25) is 0 Å². The van der Waals surface area contributed by atoms with Crippen LogP contribution in [0.5, 0.6) is 0 Å². The fraction of sp³-hybridized carbons (Fsp3) is 0.188. The number of nitrogens with zero attached hydrogens (tertiary/aromatic N) is 1. The number of nitrogen functional groups attached to an aromatic ring is 1. The maximum atomic E-state index is 11.6. The molecule has 21 heavy (non-hydrogen) atoms. The van der Waals surface area contributed by atoms with Crippen LogP contribution in [-0.4, -0.2) is 27.2 Å². The molecule has 2 rings (SSSR count). The fourth-order valence-electron chi connectivity index (χ4n) is 1.98. The highest BCUT2D eigenvalue weighted by atomic mass is 16.5. The molecule has 2 aromatic rings. The van der Waals surface area contributed by atoms with E-state index >= 15 is 0 Å². The first-order valence-corrected chi connectivity index (χ1v) is 6.54. The van der Waals surface area contributed by atoms with Gasteiger partial charge in [-0.15, -0.1) is 0 Å². The molecule has 5 heteroatoms. The third kappa shape index (κ3) is 3.25. The lowest BCUT2D eigenvalue weighted by Crippen LogP contribution is -2.09. The van der Waals surface area contributed by atoms with Crippen molar-refractivity contribution in [2.75, 3.05) is 37.2 Å². The number of nitrogens with one attached hydrogen (secondary N) is 1. The number of ether oxygens (including phenoxy) is 1. The average molecular weight is 285 g/mol. The molecule has 3 N–H and O–H groups in total. The molecule has 0 amide bonds. The van der Waals surface area contributed by atoms with Crippen LogP contribution in [-0.2, 0) is 4.74 Å². The summed E-state index contributed by atoms with van der Waals surface area (Å²) < 4.78 is 4.72. The van der Waals surface area contributed by atoms with Crippen molar-refractivity contribution in [3.05, 3.63) is 48.0 Å². The normalized spacial score (nSPS) is 10.0. The quantitative estimate of drug-likeness (QED) is 0.668. The molecule has 5 nitrogen and oxygen atoms in total. The molecule has 0 atom stereocenters. The number of hydrogen-bond donors (Lipinski definition) is 2. The number of para-hydroxylation sites is 1. The Hall–Kier alpha value is -2.69. The van der Waals surface area contributed by atoms with E-state index in [4.69, 9.17) is 10.5 Å². The van der Waals surface area contributed by atoms with E-state index in [-0.39, 0.29) is 0 Å². The zero-order valence-electron chi connectivity index (χ0n) is 12.4. The predicted molar refractivity (Wildman–Crippen MR) is 86.2 cm³/mol. The molecular weight excluding hydrogens is 266 g/mol. The van der Waals surface area contributed by atoms with Gasteiger partial charge in [0.1, 0.15) is 0 Å². The van der Waals surface area contributed by atoms with Crippen LogP contribution in [0.2, 0.25) is 0 Å². The lowest BCUT2D eigenvalue weighted by molar-refractivity contribution is 0.0602. The summed E-state index contributed by atoms with van der Waals surface area (Å²) in [6.07, 6.45) is 0. The van der Waals surface area contributed by atoms with E-state index in [1.54, 1.807) is 12.1 Å². The van der Waals surface area contributed by atoms with Gasteiger partial charge in [-0.25, -0.2) is 4.79 Å². The number of hydrogen-bond acceptors (Lipinski definition) is 5. The van der Waals surface area contributed by atoms with Gasteiger partial charge >= 0.3 is 5.97 Å². The van der Waals surface area contributed by atoms with Crippen LogP contribution in [0, 0.1) is 0 Å². The van der Waals surface area contributed by atoms with Crippen LogP contribution in [0.25, 0.3) is 0 Å². The summed E-state index contributed by atoms with van der Waals surface area (Å²) >= 11 is 0. The Bertz CT molecular complexity index is 654. The zero-order chi connectivity index (χ0) is 15.4. The Morgan fingerprint density at radius 3 is 2.57 bits per heavy atom. The second-order valence-electron chi connectivity index (χ2n) is 4.83. The second kappa shape index (κ2) is 6.17. The SMILES string of the molecule is COC(=O)c1cccc(Nc2cccc(N(C)C)c2)c1N. The first-order chi connectivity index (χ1) is 10.0. The van der Waals surface area contributed by atoms with Gasteiger partial charge in [0.25, 0.3) is 0 Å². The third-order valence-corrected chi connectivity index (χ3v) is 3.15. The van der Waals surface area contributed by atoms with Gasteiger partial charge in [0.15, 0.2) is 0 Å². The topological polar surface area (TPSA) is 67.6 Å². The van der Waals surface area contributed by atoms with E-state index in [2.05, 4.69) is 5.32 Å². The minimum absolute atomic E-state index is 0.353. The summed E-state index contributed by atoms with van der Waals surface area (Å²) in [6.45, 7) is 0. The van der Waals surface area contributed by atoms with Crippen LogP contribution in [0.15, 0.2) is 42.5 Å². The van der Waals surface area contributed by atoms with Gasteiger partial charge < -0.3 is 20.7 Å². The van der Waals surface area contributed by atoms with E-state index in [9.17, 15) is 4.79 Å². The molecule has 0 saturated heterocycles. The summed E-state index contributed by atoms with van der Waals surface area (Å²) in [4.78, 5) is 13.7. The maximum absolute atomic E-state index is 11.6. The van der Waals surface area contributed by atoms with E-state index < -0.39 is 5.97 Å². The van der Waals surface area contributed by atoms with E-state index in [1.807, 2.05) is 49.3 Å². The minimum Gasteiger partial charge on any atom is -0.465 e. The molecule has 0 heterocycles. The summed E-state index contributed by atoms with van der Waals surface area (Å²) in [5.41, 5.74) is 9.40. The molecule has 0 saturated carbocycles. The summed E-state index contributed by atoms with van der Waals surface area (Å²) in [5, 5.41) is 3.23. The molecule has 110 valence electrons. The van der Waals surface area contributed by atoms with Crippen molar-refractivity contribution in [3.8, 4) is 0 Å². The van der Waals surface area contributed by atoms with Gasteiger partial charge in [-0.2, -0.15) is 0 Å². The van der Waals surface area contributed by atoms with Crippen molar-refractivity contribution in [2.45, 2.75) is 0 Å². The summed E-state index contributed by atoms with van der Waals surface area (Å²) in [7, 11) is 5.29. The zero-order valence-corrected chi connectivity index (χ0v) is 12.4. The number of benzene rings is 2. The number of esters is 1. The molecule has 0 fully saturated rings. The van der Waals surface area contributed by atoms with Crippen LogP contribution in [0.3, 0.4) is 0 Å². The number of rotatable bonds is 4. The summed E-state index contributed by atoms with van der Waals surface area (Å²) in [5.74, 6) is -0.446. The van der Waals surface area contributed by atoms with Crippen LogP contribution in [0.4, 0.5) is 22.7 Å². The molecule has 0 radical (unpaired) electrons. The number of anilines is 4. The lowest BCUT2D eigenvalue weighted by atomic mass is 10.1. The van der Waals surface area contributed by atoms with Crippen molar-refractivity contribution >= 4 is 28.7 Å². The molecule has 2 aromatic carbocycles. The van der Waals surface area contributed by atoms with Crippen molar-refractivity contribution in [1.82, 2.24) is 0 Å². The fourth-order valence-corrected chi connectivity index (χ4v) is 1.98. The first-order valence-electron chi connectivity index (χ1n) is 6.54. The first kappa shape index (κ1) is 14.7. The van der Waals surface area contributed by atoms with Gasteiger partial charge in [0.2, 0.25) is 0 Å². The van der Waals surface area contributed by atoms with Crippen molar-refractivity contribution in [3.63, 3.8) is 0 Å².